The van der Waals surface area contributed by atoms with Crippen LogP contribution in [0.2, 0.25) is 10.0 Å². The van der Waals surface area contributed by atoms with Crippen LogP contribution in [0.3, 0.4) is 0 Å². The van der Waals surface area contributed by atoms with Crippen molar-refractivity contribution in [3.63, 3.8) is 0 Å². The van der Waals surface area contributed by atoms with Crippen LogP contribution in [0.5, 0.6) is 5.75 Å². The third-order valence-electron chi connectivity index (χ3n) is 2.62. The fourth-order valence-electron chi connectivity index (χ4n) is 1.60. The van der Waals surface area contributed by atoms with Crippen molar-refractivity contribution >= 4 is 29.1 Å². The van der Waals surface area contributed by atoms with Crippen molar-refractivity contribution in [1.82, 2.24) is 4.90 Å². The van der Waals surface area contributed by atoms with Gasteiger partial charge in [-0.05, 0) is 39.0 Å². The summed E-state index contributed by atoms with van der Waals surface area (Å²) in [7, 11) is 0. The number of rotatable bonds is 5. The molecule has 0 aliphatic heterocycles. The molecule has 3 nitrogen and oxygen atoms in total. The molecule has 1 aromatic rings. The molecule has 100 valence electrons. The Morgan fingerprint density at radius 3 is 2.44 bits per heavy atom. The van der Waals surface area contributed by atoms with E-state index in [1.807, 2.05) is 13.8 Å². The molecule has 0 spiro atoms. The number of amides is 1. The molecule has 1 aromatic carbocycles. The van der Waals surface area contributed by atoms with E-state index in [1.165, 1.54) is 0 Å². The first-order valence-electron chi connectivity index (χ1n) is 5.90. The average molecular weight is 290 g/mol. The van der Waals surface area contributed by atoms with E-state index in [0.29, 0.717) is 28.9 Å². The minimum absolute atomic E-state index is 0.0500. The highest BCUT2D eigenvalue weighted by Gasteiger charge is 2.20. The lowest BCUT2D eigenvalue weighted by molar-refractivity contribution is -0.137. The van der Waals surface area contributed by atoms with Gasteiger partial charge < -0.3 is 9.64 Å². The summed E-state index contributed by atoms with van der Waals surface area (Å²) in [5, 5.41) is 0.941. The van der Waals surface area contributed by atoms with E-state index in [9.17, 15) is 4.79 Å². The van der Waals surface area contributed by atoms with Crippen molar-refractivity contribution in [2.75, 3.05) is 13.1 Å². The van der Waals surface area contributed by atoms with Gasteiger partial charge in [0.15, 0.2) is 6.10 Å². The van der Waals surface area contributed by atoms with Crippen molar-refractivity contribution < 1.29 is 9.53 Å². The molecule has 1 atom stereocenters. The second kappa shape index (κ2) is 6.86. The van der Waals surface area contributed by atoms with Gasteiger partial charge in [-0.3, -0.25) is 4.79 Å². The van der Waals surface area contributed by atoms with Crippen LogP contribution in [0.4, 0.5) is 0 Å². The van der Waals surface area contributed by atoms with Crippen LogP contribution in [-0.2, 0) is 4.79 Å². The Morgan fingerprint density at radius 2 is 1.94 bits per heavy atom. The minimum Gasteiger partial charge on any atom is -0.479 e. The summed E-state index contributed by atoms with van der Waals surface area (Å²) < 4.78 is 5.56. The number of halogens is 2. The van der Waals surface area contributed by atoms with Crippen molar-refractivity contribution in [2.45, 2.75) is 26.9 Å². The summed E-state index contributed by atoms with van der Waals surface area (Å²) in [6, 6.07) is 4.93. The first-order valence-corrected chi connectivity index (χ1v) is 6.65. The second-order valence-corrected chi connectivity index (χ2v) is 4.69. The van der Waals surface area contributed by atoms with E-state index in [4.69, 9.17) is 27.9 Å². The van der Waals surface area contributed by atoms with Gasteiger partial charge >= 0.3 is 0 Å². The van der Waals surface area contributed by atoms with Gasteiger partial charge in [-0.15, -0.1) is 0 Å². The molecule has 1 unspecified atom stereocenters. The zero-order valence-corrected chi connectivity index (χ0v) is 12.3. The first-order chi connectivity index (χ1) is 8.49. The third kappa shape index (κ3) is 3.79. The van der Waals surface area contributed by atoms with Gasteiger partial charge in [0.25, 0.3) is 5.91 Å². The van der Waals surface area contributed by atoms with E-state index in [-0.39, 0.29) is 5.91 Å². The third-order valence-corrected chi connectivity index (χ3v) is 3.15. The molecular weight excluding hydrogens is 273 g/mol. The lowest BCUT2D eigenvalue weighted by Gasteiger charge is -2.23. The largest absolute Gasteiger partial charge is 0.479 e. The van der Waals surface area contributed by atoms with Crippen LogP contribution in [0.1, 0.15) is 20.8 Å². The topological polar surface area (TPSA) is 29.5 Å². The summed E-state index contributed by atoms with van der Waals surface area (Å²) in [4.78, 5) is 13.7. The van der Waals surface area contributed by atoms with Crippen LogP contribution in [0, 0.1) is 0 Å². The average Bonchev–Trinajstić information content (AvgIpc) is 2.34. The number of benzene rings is 1. The first kappa shape index (κ1) is 15.1. The normalized spacial score (nSPS) is 12.1. The number of ether oxygens (including phenoxy) is 1. The summed E-state index contributed by atoms with van der Waals surface area (Å²) in [5.41, 5.74) is 0. The fourth-order valence-corrected chi connectivity index (χ4v) is 2.06. The van der Waals surface area contributed by atoms with Gasteiger partial charge in [-0.25, -0.2) is 0 Å². The molecule has 0 saturated heterocycles. The van der Waals surface area contributed by atoms with E-state index >= 15 is 0 Å². The molecule has 1 rings (SSSR count). The van der Waals surface area contributed by atoms with Crippen molar-refractivity contribution in [1.29, 1.82) is 0 Å². The van der Waals surface area contributed by atoms with Crippen LogP contribution >= 0.6 is 23.2 Å². The number of nitrogens with zero attached hydrogens (tertiary/aromatic N) is 1. The molecule has 0 N–H and O–H groups in total. The van der Waals surface area contributed by atoms with Gasteiger partial charge in [0.1, 0.15) is 5.75 Å². The zero-order chi connectivity index (χ0) is 13.7. The van der Waals surface area contributed by atoms with Crippen molar-refractivity contribution in [3.05, 3.63) is 28.2 Å². The highest BCUT2D eigenvalue weighted by atomic mass is 35.5. The number of carbonyl (C=O) groups is 1. The Hall–Kier alpha value is -0.930. The van der Waals surface area contributed by atoms with Gasteiger partial charge in [-0.2, -0.15) is 0 Å². The number of likely N-dealkylation sites (N-methyl/N-ethyl adjacent to an activating group) is 1. The molecule has 0 aliphatic rings. The minimum atomic E-state index is -0.566. The maximum Gasteiger partial charge on any atom is 0.263 e. The van der Waals surface area contributed by atoms with Crippen molar-refractivity contribution in [3.8, 4) is 5.75 Å². The Balaban J connectivity index is 2.75. The van der Waals surface area contributed by atoms with Gasteiger partial charge in [0, 0.05) is 18.1 Å². The van der Waals surface area contributed by atoms with Crippen LogP contribution in [0.25, 0.3) is 0 Å². The predicted octanol–water partition coefficient (Wildman–Crippen LogP) is 3.63. The molecule has 0 saturated carbocycles. The van der Waals surface area contributed by atoms with Crippen molar-refractivity contribution in [2.24, 2.45) is 0 Å². The number of hydrogen-bond acceptors (Lipinski definition) is 2. The van der Waals surface area contributed by atoms with E-state index in [2.05, 4.69) is 0 Å². The Morgan fingerprint density at radius 1 is 1.33 bits per heavy atom. The molecule has 0 aromatic heterocycles. The zero-order valence-electron chi connectivity index (χ0n) is 10.7. The maximum absolute atomic E-state index is 12.0. The summed E-state index contributed by atoms with van der Waals surface area (Å²) >= 11 is 11.8. The lowest BCUT2D eigenvalue weighted by atomic mass is 10.3. The molecule has 0 bridgehead atoms. The quantitative estimate of drug-likeness (QED) is 0.828. The van der Waals surface area contributed by atoms with Crippen LogP contribution < -0.4 is 4.74 Å². The molecule has 0 fully saturated rings. The summed E-state index contributed by atoms with van der Waals surface area (Å²) in [6.45, 7) is 6.91. The number of hydrogen-bond donors (Lipinski definition) is 0. The molecule has 18 heavy (non-hydrogen) atoms. The standard InChI is InChI=1S/C13H17Cl2NO2/c1-4-16(5-2)13(17)9(3)18-12-7-6-10(14)8-11(12)15/h6-9H,4-5H2,1-3H3. The maximum atomic E-state index is 12.0. The molecule has 1 amide bonds. The Bertz CT molecular complexity index is 419. The summed E-state index contributed by atoms with van der Waals surface area (Å²) in [5.74, 6) is 0.417. The molecule has 0 radical (unpaired) electrons. The van der Waals surface area contributed by atoms with E-state index in [1.54, 1.807) is 30.0 Å². The molecule has 5 heteroatoms. The second-order valence-electron chi connectivity index (χ2n) is 3.85. The predicted molar refractivity (Wildman–Crippen MR) is 74.5 cm³/mol. The smallest absolute Gasteiger partial charge is 0.263 e. The van der Waals surface area contributed by atoms with Crippen LogP contribution in [-0.4, -0.2) is 30.0 Å². The lowest BCUT2D eigenvalue weighted by Crippen LogP contribution is -2.40. The molecular formula is C13H17Cl2NO2. The summed E-state index contributed by atoms with van der Waals surface area (Å²) in [6.07, 6.45) is -0.566. The highest BCUT2D eigenvalue weighted by molar-refractivity contribution is 6.35. The monoisotopic (exact) mass is 289 g/mol. The van der Waals surface area contributed by atoms with Gasteiger partial charge in [0.2, 0.25) is 0 Å². The molecule has 0 heterocycles. The van der Waals surface area contributed by atoms with Crippen LogP contribution in [0.15, 0.2) is 18.2 Å². The number of carbonyl (C=O) groups excluding carboxylic acids is 1. The van der Waals surface area contributed by atoms with Gasteiger partial charge in [0.05, 0.1) is 5.02 Å². The van der Waals surface area contributed by atoms with E-state index < -0.39 is 6.10 Å². The Labute approximate surface area is 118 Å². The highest BCUT2D eigenvalue weighted by Crippen LogP contribution is 2.28. The van der Waals surface area contributed by atoms with E-state index in [0.717, 1.165) is 0 Å². The molecule has 0 aliphatic carbocycles. The Kier molecular flexibility index (Phi) is 5.76. The fraction of sp³-hybridized carbons (Fsp3) is 0.462. The SMILES string of the molecule is CCN(CC)C(=O)C(C)Oc1ccc(Cl)cc1Cl. The van der Waals surface area contributed by atoms with Gasteiger partial charge in [-0.1, -0.05) is 23.2 Å².